The van der Waals surface area contributed by atoms with E-state index >= 15 is 0 Å². The summed E-state index contributed by atoms with van der Waals surface area (Å²) in [6.45, 7) is 4.24. The number of carbonyl (C=O) groups excluding carboxylic acids is 1. The van der Waals surface area contributed by atoms with Crippen LogP contribution in [0.5, 0.6) is 11.5 Å². The normalized spacial score (nSPS) is 12.3. The molecular weight excluding hydrogens is 384 g/mol. The fourth-order valence-corrected chi connectivity index (χ4v) is 4.25. The van der Waals surface area contributed by atoms with Crippen LogP contribution in [0.2, 0.25) is 0 Å². The SMILES string of the molecule is Cc1ccc(CN(CCc2ccccc2)CC(=O)Nc2ccc3c(c2)OCO3)s1. The van der Waals surface area contributed by atoms with Crippen LogP contribution in [0.15, 0.2) is 60.7 Å². The molecule has 1 aliphatic rings. The van der Waals surface area contributed by atoms with E-state index in [1.807, 2.05) is 18.2 Å². The molecule has 1 amide bonds. The molecular formula is C23H24N2O3S. The fraction of sp³-hybridized carbons (Fsp3) is 0.261. The van der Waals surface area contributed by atoms with Gasteiger partial charge in [-0.25, -0.2) is 0 Å². The number of nitrogens with one attached hydrogen (secondary N) is 1. The maximum Gasteiger partial charge on any atom is 0.238 e. The highest BCUT2D eigenvalue weighted by Crippen LogP contribution is 2.34. The maximum absolute atomic E-state index is 12.7. The highest BCUT2D eigenvalue weighted by Gasteiger charge is 2.16. The van der Waals surface area contributed by atoms with Crippen molar-refractivity contribution in [3.8, 4) is 11.5 Å². The van der Waals surface area contributed by atoms with Gasteiger partial charge in [0.1, 0.15) is 0 Å². The van der Waals surface area contributed by atoms with Crippen LogP contribution in [-0.4, -0.2) is 30.7 Å². The lowest BCUT2D eigenvalue weighted by molar-refractivity contribution is -0.117. The Labute approximate surface area is 174 Å². The van der Waals surface area contributed by atoms with Crippen molar-refractivity contribution in [1.82, 2.24) is 4.90 Å². The van der Waals surface area contributed by atoms with Gasteiger partial charge in [0.25, 0.3) is 0 Å². The third-order valence-electron chi connectivity index (χ3n) is 4.76. The van der Waals surface area contributed by atoms with Crippen LogP contribution in [0, 0.1) is 6.92 Å². The van der Waals surface area contributed by atoms with Gasteiger partial charge in [-0.3, -0.25) is 9.69 Å². The number of rotatable bonds is 8. The molecule has 0 unspecified atom stereocenters. The van der Waals surface area contributed by atoms with Gasteiger partial charge >= 0.3 is 0 Å². The number of anilines is 1. The van der Waals surface area contributed by atoms with Gasteiger partial charge in [0.15, 0.2) is 11.5 Å². The summed E-state index contributed by atoms with van der Waals surface area (Å²) in [6.07, 6.45) is 0.905. The van der Waals surface area contributed by atoms with Crippen LogP contribution in [0.1, 0.15) is 15.3 Å². The number of nitrogens with zero attached hydrogens (tertiary/aromatic N) is 1. The average Bonchev–Trinajstić information content (AvgIpc) is 3.35. The number of benzene rings is 2. The minimum absolute atomic E-state index is 0.0368. The first kappa shape index (κ1) is 19.5. The Balaban J connectivity index is 1.39. The van der Waals surface area contributed by atoms with E-state index in [2.05, 4.69) is 53.5 Å². The Hall–Kier alpha value is -2.83. The predicted octanol–water partition coefficient (Wildman–Crippen LogP) is 4.47. The standard InChI is InChI=1S/C23H24N2O3S/c1-17-7-9-20(29-17)14-25(12-11-18-5-3-2-4-6-18)15-23(26)24-19-8-10-21-22(13-19)28-16-27-21/h2-10,13H,11-12,14-16H2,1H3,(H,24,26). The topological polar surface area (TPSA) is 50.8 Å². The Morgan fingerprint density at radius 1 is 1.07 bits per heavy atom. The van der Waals surface area contributed by atoms with Crippen LogP contribution in [-0.2, 0) is 17.8 Å². The summed E-state index contributed by atoms with van der Waals surface area (Å²) in [4.78, 5) is 17.5. The number of amides is 1. The Morgan fingerprint density at radius 3 is 2.69 bits per heavy atom. The molecule has 1 aromatic heterocycles. The van der Waals surface area contributed by atoms with Crippen molar-refractivity contribution in [2.75, 3.05) is 25.2 Å². The number of fused-ring (bicyclic) bond motifs is 1. The van der Waals surface area contributed by atoms with Gasteiger partial charge in [-0.05, 0) is 43.2 Å². The van der Waals surface area contributed by atoms with Crippen molar-refractivity contribution < 1.29 is 14.3 Å². The number of carbonyl (C=O) groups is 1. The summed E-state index contributed by atoms with van der Waals surface area (Å²) in [5.41, 5.74) is 1.99. The highest BCUT2D eigenvalue weighted by molar-refractivity contribution is 7.11. The minimum Gasteiger partial charge on any atom is -0.454 e. The molecule has 0 aliphatic carbocycles. The van der Waals surface area contributed by atoms with E-state index in [1.165, 1.54) is 15.3 Å². The molecule has 0 saturated carbocycles. The van der Waals surface area contributed by atoms with Crippen LogP contribution in [0.4, 0.5) is 5.69 Å². The molecule has 150 valence electrons. The number of hydrogen-bond acceptors (Lipinski definition) is 5. The number of ether oxygens (including phenoxy) is 2. The van der Waals surface area contributed by atoms with Crippen molar-refractivity contribution in [2.45, 2.75) is 19.9 Å². The average molecular weight is 409 g/mol. The Morgan fingerprint density at radius 2 is 1.90 bits per heavy atom. The second-order valence-electron chi connectivity index (χ2n) is 7.07. The molecule has 29 heavy (non-hydrogen) atoms. The molecule has 0 saturated heterocycles. The van der Waals surface area contributed by atoms with E-state index in [4.69, 9.17) is 9.47 Å². The van der Waals surface area contributed by atoms with Gasteiger partial charge in [0.05, 0.1) is 6.54 Å². The zero-order valence-electron chi connectivity index (χ0n) is 16.4. The molecule has 3 aromatic rings. The third-order valence-corrected chi connectivity index (χ3v) is 5.74. The van der Waals surface area contributed by atoms with E-state index in [1.54, 1.807) is 17.4 Å². The largest absolute Gasteiger partial charge is 0.454 e. The van der Waals surface area contributed by atoms with E-state index in [0.717, 1.165) is 19.5 Å². The highest BCUT2D eigenvalue weighted by atomic mass is 32.1. The Kier molecular flexibility index (Phi) is 6.12. The van der Waals surface area contributed by atoms with Gasteiger partial charge < -0.3 is 14.8 Å². The summed E-state index contributed by atoms with van der Waals surface area (Å²) in [7, 11) is 0. The zero-order chi connectivity index (χ0) is 20.1. The quantitative estimate of drug-likeness (QED) is 0.598. The van der Waals surface area contributed by atoms with E-state index in [-0.39, 0.29) is 12.7 Å². The molecule has 2 heterocycles. The van der Waals surface area contributed by atoms with Gasteiger partial charge in [0.2, 0.25) is 12.7 Å². The monoisotopic (exact) mass is 408 g/mol. The van der Waals surface area contributed by atoms with Gasteiger partial charge in [0, 0.05) is 34.6 Å². The van der Waals surface area contributed by atoms with Crippen molar-refractivity contribution in [3.63, 3.8) is 0 Å². The van der Waals surface area contributed by atoms with Crippen LogP contribution in [0.3, 0.4) is 0 Å². The molecule has 0 bridgehead atoms. The van der Waals surface area contributed by atoms with Crippen molar-refractivity contribution in [2.24, 2.45) is 0 Å². The summed E-state index contributed by atoms with van der Waals surface area (Å²) in [6, 6.07) is 20.1. The summed E-state index contributed by atoms with van der Waals surface area (Å²) < 4.78 is 10.7. The van der Waals surface area contributed by atoms with Crippen LogP contribution >= 0.6 is 11.3 Å². The molecule has 5 nitrogen and oxygen atoms in total. The van der Waals surface area contributed by atoms with E-state index in [9.17, 15) is 4.79 Å². The molecule has 0 spiro atoms. The summed E-state index contributed by atoms with van der Waals surface area (Å²) >= 11 is 1.78. The minimum atomic E-state index is -0.0368. The van der Waals surface area contributed by atoms with Gasteiger partial charge in [-0.2, -0.15) is 0 Å². The molecule has 4 rings (SSSR count). The smallest absolute Gasteiger partial charge is 0.238 e. The van der Waals surface area contributed by atoms with Crippen molar-refractivity contribution in [3.05, 3.63) is 76.0 Å². The van der Waals surface area contributed by atoms with Crippen molar-refractivity contribution in [1.29, 1.82) is 0 Å². The number of aryl methyl sites for hydroxylation is 1. The second-order valence-corrected chi connectivity index (χ2v) is 8.45. The maximum atomic E-state index is 12.7. The van der Waals surface area contributed by atoms with Gasteiger partial charge in [-0.1, -0.05) is 30.3 Å². The summed E-state index contributed by atoms with van der Waals surface area (Å²) in [5, 5.41) is 2.98. The molecule has 1 aliphatic heterocycles. The van der Waals surface area contributed by atoms with Crippen molar-refractivity contribution >= 4 is 22.9 Å². The summed E-state index contributed by atoms with van der Waals surface area (Å²) in [5.74, 6) is 1.34. The molecule has 6 heteroatoms. The predicted molar refractivity (Wildman–Crippen MR) is 116 cm³/mol. The molecule has 0 atom stereocenters. The number of hydrogen-bond donors (Lipinski definition) is 1. The lowest BCUT2D eigenvalue weighted by Crippen LogP contribution is -2.34. The Bertz CT molecular complexity index is 971. The number of thiophene rings is 1. The third kappa shape index (κ3) is 5.37. The molecule has 0 radical (unpaired) electrons. The molecule has 0 fully saturated rings. The molecule has 1 N–H and O–H groups in total. The second kappa shape index (κ2) is 9.11. The lowest BCUT2D eigenvalue weighted by Gasteiger charge is -2.21. The first-order valence-electron chi connectivity index (χ1n) is 9.67. The first-order valence-corrected chi connectivity index (χ1v) is 10.5. The van der Waals surface area contributed by atoms with Gasteiger partial charge in [-0.15, -0.1) is 11.3 Å². The fourth-order valence-electron chi connectivity index (χ4n) is 3.31. The van der Waals surface area contributed by atoms with E-state index in [0.29, 0.717) is 23.7 Å². The molecule has 2 aromatic carbocycles. The zero-order valence-corrected chi connectivity index (χ0v) is 17.2. The first-order chi connectivity index (χ1) is 14.2. The lowest BCUT2D eigenvalue weighted by atomic mass is 10.1. The van der Waals surface area contributed by atoms with E-state index < -0.39 is 0 Å². The van der Waals surface area contributed by atoms with Crippen LogP contribution < -0.4 is 14.8 Å². The van der Waals surface area contributed by atoms with Crippen LogP contribution in [0.25, 0.3) is 0 Å².